The van der Waals surface area contributed by atoms with Gasteiger partial charge in [0, 0.05) is 10.7 Å². The highest BCUT2D eigenvalue weighted by atomic mass is 35.5. The molecular weight excluding hydrogens is 370 g/mol. The van der Waals surface area contributed by atoms with E-state index in [1.807, 2.05) is 37.3 Å². The molecule has 0 fully saturated rings. The number of hydrogen-bond donors (Lipinski definition) is 3. The van der Waals surface area contributed by atoms with Gasteiger partial charge in [-0.15, -0.1) is 0 Å². The van der Waals surface area contributed by atoms with Gasteiger partial charge in [0.2, 0.25) is 0 Å². The molecule has 1 heterocycles. The van der Waals surface area contributed by atoms with Gasteiger partial charge in [-0.05, 0) is 42.9 Å². The van der Waals surface area contributed by atoms with Crippen molar-refractivity contribution in [1.29, 1.82) is 0 Å². The third-order valence-electron chi connectivity index (χ3n) is 4.06. The number of allylic oxidation sites excluding steroid dienone is 1. The predicted molar refractivity (Wildman–Crippen MR) is 107 cm³/mol. The van der Waals surface area contributed by atoms with Crippen LogP contribution in [0.1, 0.15) is 18.5 Å². The van der Waals surface area contributed by atoms with E-state index in [0.29, 0.717) is 32.8 Å². The molecule has 1 aliphatic rings. The first-order valence-corrected chi connectivity index (χ1v) is 8.76. The predicted octanol–water partition coefficient (Wildman–Crippen LogP) is 3.78. The molecule has 7 heteroatoms. The normalized spacial score (nSPS) is 16.6. The zero-order chi connectivity index (χ0) is 18.7. The maximum absolute atomic E-state index is 13.1. The molecule has 2 aromatic carbocycles. The van der Waals surface area contributed by atoms with E-state index in [2.05, 4.69) is 16.0 Å². The average molecular weight is 388 g/mol. The van der Waals surface area contributed by atoms with Crippen LogP contribution in [-0.4, -0.2) is 18.1 Å². The molecule has 0 aromatic heterocycles. The second kappa shape index (κ2) is 7.76. The summed E-state index contributed by atoms with van der Waals surface area (Å²) in [5, 5.41) is 10.1. The quantitative estimate of drug-likeness (QED) is 0.697. The van der Waals surface area contributed by atoms with Crippen LogP contribution < -0.4 is 20.7 Å². The van der Waals surface area contributed by atoms with Crippen LogP contribution in [0.3, 0.4) is 0 Å². The van der Waals surface area contributed by atoms with E-state index in [4.69, 9.17) is 28.6 Å². The molecule has 1 amide bonds. The monoisotopic (exact) mass is 387 g/mol. The number of methoxy groups -OCH3 is 1. The van der Waals surface area contributed by atoms with Crippen LogP contribution >= 0.6 is 23.8 Å². The summed E-state index contributed by atoms with van der Waals surface area (Å²) < 4.78 is 5.30. The number of nitrogens with one attached hydrogen (secondary N) is 3. The molecule has 134 valence electrons. The topological polar surface area (TPSA) is 62.4 Å². The van der Waals surface area contributed by atoms with E-state index in [1.165, 1.54) is 0 Å². The van der Waals surface area contributed by atoms with Crippen molar-refractivity contribution in [1.82, 2.24) is 10.6 Å². The van der Waals surface area contributed by atoms with E-state index in [1.54, 1.807) is 25.3 Å². The molecule has 0 aliphatic carbocycles. The summed E-state index contributed by atoms with van der Waals surface area (Å²) in [5.74, 6) is 0.268. The van der Waals surface area contributed by atoms with Gasteiger partial charge in [-0.1, -0.05) is 41.9 Å². The lowest BCUT2D eigenvalue weighted by Gasteiger charge is -2.30. The lowest BCUT2D eigenvalue weighted by Crippen LogP contribution is -2.45. The third-order valence-corrected chi connectivity index (χ3v) is 4.51. The molecule has 0 saturated carbocycles. The first kappa shape index (κ1) is 18.2. The van der Waals surface area contributed by atoms with Crippen LogP contribution in [0.5, 0.6) is 5.75 Å². The molecule has 0 bridgehead atoms. The minimum Gasteiger partial charge on any atom is -0.495 e. The maximum Gasteiger partial charge on any atom is 0.255 e. The Bertz CT molecular complexity index is 884. The van der Waals surface area contributed by atoms with Crippen molar-refractivity contribution < 1.29 is 9.53 Å². The molecule has 3 rings (SSSR count). The van der Waals surface area contributed by atoms with Crippen molar-refractivity contribution in [3.63, 3.8) is 0 Å². The summed E-state index contributed by atoms with van der Waals surface area (Å²) in [6.07, 6.45) is 0. The average Bonchev–Trinajstić information content (AvgIpc) is 2.62. The fourth-order valence-electron chi connectivity index (χ4n) is 2.86. The van der Waals surface area contributed by atoms with Gasteiger partial charge in [0.1, 0.15) is 5.75 Å². The number of ether oxygens (including phenoxy) is 1. The van der Waals surface area contributed by atoms with Crippen molar-refractivity contribution in [2.45, 2.75) is 13.0 Å². The fraction of sp³-hybridized carbons (Fsp3) is 0.158. The lowest BCUT2D eigenvalue weighted by molar-refractivity contribution is -0.113. The molecule has 0 saturated heterocycles. The van der Waals surface area contributed by atoms with Crippen LogP contribution in [0, 0.1) is 0 Å². The van der Waals surface area contributed by atoms with Gasteiger partial charge in [0.05, 0.1) is 24.4 Å². The number of thiocarbonyl (C=S) groups is 1. The Hall–Kier alpha value is -2.57. The minimum absolute atomic E-state index is 0.264. The maximum atomic E-state index is 13.1. The smallest absolute Gasteiger partial charge is 0.255 e. The summed E-state index contributed by atoms with van der Waals surface area (Å²) in [7, 11) is 1.54. The van der Waals surface area contributed by atoms with Gasteiger partial charge >= 0.3 is 0 Å². The van der Waals surface area contributed by atoms with Crippen LogP contribution in [-0.2, 0) is 4.79 Å². The summed E-state index contributed by atoms with van der Waals surface area (Å²) >= 11 is 11.3. The first-order chi connectivity index (χ1) is 12.5. The lowest BCUT2D eigenvalue weighted by atomic mass is 9.95. The van der Waals surface area contributed by atoms with Gasteiger partial charge < -0.3 is 20.7 Å². The fourth-order valence-corrected chi connectivity index (χ4v) is 3.30. The number of halogens is 1. The number of carbonyl (C=O) groups is 1. The van der Waals surface area contributed by atoms with Crippen molar-refractivity contribution in [3.8, 4) is 5.75 Å². The molecule has 2 aromatic rings. The Kier molecular flexibility index (Phi) is 5.44. The SMILES string of the molecule is COc1ccc(Cl)cc1NC(=O)C1=C(C)NC(=S)N[C@H]1c1ccccc1. The Morgan fingerprint density at radius 3 is 2.65 bits per heavy atom. The van der Waals surface area contributed by atoms with Gasteiger partial charge in [-0.3, -0.25) is 4.79 Å². The van der Waals surface area contributed by atoms with Crippen LogP contribution in [0.2, 0.25) is 5.02 Å². The molecule has 5 nitrogen and oxygen atoms in total. The number of amides is 1. The molecule has 3 N–H and O–H groups in total. The first-order valence-electron chi connectivity index (χ1n) is 7.97. The second-order valence-electron chi connectivity index (χ2n) is 5.78. The molecule has 1 aliphatic heterocycles. The number of carbonyl (C=O) groups excluding carboxylic acids is 1. The number of rotatable bonds is 4. The second-order valence-corrected chi connectivity index (χ2v) is 6.62. The van der Waals surface area contributed by atoms with Crippen molar-refractivity contribution in [2.24, 2.45) is 0 Å². The molecule has 0 radical (unpaired) electrons. The molecule has 0 unspecified atom stereocenters. The van der Waals surface area contributed by atoms with Gasteiger partial charge in [-0.2, -0.15) is 0 Å². The summed E-state index contributed by atoms with van der Waals surface area (Å²) in [5.41, 5.74) is 2.69. The largest absolute Gasteiger partial charge is 0.495 e. The number of anilines is 1. The highest BCUT2D eigenvalue weighted by Gasteiger charge is 2.30. The van der Waals surface area contributed by atoms with Crippen LogP contribution in [0.25, 0.3) is 0 Å². The van der Waals surface area contributed by atoms with E-state index >= 15 is 0 Å². The van der Waals surface area contributed by atoms with E-state index in [9.17, 15) is 4.79 Å². The molecular formula is C19H18ClN3O2S. The number of hydrogen-bond acceptors (Lipinski definition) is 3. The summed E-state index contributed by atoms with van der Waals surface area (Å²) in [6, 6.07) is 14.4. The van der Waals surface area contributed by atoms with E-state index in [-0.39, 0.29) is 11.9 Å². The van der Waals surface area contributed by atoms with Gasteiger partial charge in [-0.25, -0.2) is 0 Å². The van der Waals surface area contributed by atoms with Crippen LogP contribution in [0.15, 0.2) is 59.8 Å². The molecule has 0 spiro atoms. The minimum atomic E-state index is -0.352. The van der Waals surface area contributed by atoms with Crippen LogP contribution in [0.4, 0.5) is 5.69 Å². The van der Waals surface area contributed by atoms with Crippen molar-refractivity contribution >= 4 is 40.5 Å². The zero-order valence-electron chi connectivity index (χ0n) is 14.3. The third kappa shape index (κ3) is 3.81. The Labute approximate surface area is 162 Å². The van der Waals surface area contributed by atoms with Gasteiger partial charge in [0.25, 0.3) is 5.91 Å². The van der Waals surface area contributed by atoms with E-state index in [0.717, 1.165) is 5.56 Å². The summed E-state index contributed by atoms with van der Waals surface area (Å²) in [6.45, 7) is 1.83. The molecule has 26 heavy (non-hydrogen) atoms. The Morgan fingerprint density at radius 2 is 1.96 bits per heavy atom. The van der Waals surface area contributed by atoms with Gasteiger partial charge in [0.15, 0.2) is 5.11 Å². The Morgan fingerprint density at radius 1 is 1.23 bits per heavy atom. The Balaban J connectivity index is 1.97. The van der Waals surface area contributed by atoms with Crippen molar-refractivity contribution in [3.05, 3.63) is 70.4 Å². The summed E-state index contributed by atoms with van der Waals surface area (Å²) in [4.78, 5) is 13.1. The molecule has 1 atom stereocenters. The van der Waals surface area contributed by atoms with E-state index < -0.39 is 0 Å². The zero-order valence-corrected chi connectivity index (χ0v) is 15.9. The standard InChI is InChI=1S/C19H18ClN3O2S/c1-11-16(17(23-19(26)21-11)12-6-4-3-5-7-12)18(24)22-14-10-13(20)8-9-15(14)25-2/h3-10,17H,1-2H3,(H,22,24)(H2,21,23,26)/t17-/m0/s1. The van der Waals surface area contributed by atoms with Crippen molar-refractivity contribution in [2.75, 3.05) is 12.4 Å². The highest BCUT2D eigenvalue weighted by molar-refractivity contribution is 7.80. The number of benzene rings is 2. The highest BCUT2D eigenvalue weighted by Crippen LogP contribution is 2.31.